The summed E-state index contributed by atoms with van der Waals surface area (Å²) in [7, 11) is 3.84. The average molecular weight is 438 g/mol. The van der Waals surface area contributed by atoms with Gasteiger partial charge in [0.15, 0.2) is 0 Å². The number of likely N-dealkylation sites (tertiary alicyclic amines) is 1. The van der Waals surface area contributed by atoms with Gasteiger partial charge in [-0.3, -0.25) is 9.59 Å². The van der Waals surface area contributed by atoms with Gasteiger partial charge in [-0.25, -0.2) is 4.39 Å². The van der Waals surface area contributed by atoms with E-state index in [1.807, 2.05) is 25.9 Å². The Morgan fingerprint density at radius 1 is 1.22 bits per heavy atom. The number of aliphatic hydroxyl groups excluding tert-OH is 1. The molecule has 2 aliphatic rings. The molecule has 2 aromatic carbocycles. The molecule has 2 heterocycles. The van der Waals surface area contributed by atoms with Crippen molar-refractivity contribution in [3.05, 3.63) is 70.5 Å². The molecule has 1 fully saturated rings. The largest absolute Gasteiger partial charge is 0.507 e. The number of fused-ring (bicyclic) bond motifs is 1. The number of hydrogen-bond donors (Lipinski definition) is 1. The SMILES string of the molecule is C[C@H]1Cc2cc(/C(O)=C3\C(=O)C(=O)N(CCCN(C)C)[C@@H]3c3ccccc3F)ccc2O1. The van der Waals surface area contributed by atoms with Crippen LogP contribution in [0.3, 0.4) is 0 Å². The van der Waals surface area contributed by atoms with Crippen molar-refractivity contribution in [1.29, 1.82) is 0 Å². The summed E-state index contributed by atoms with van der Waals surface area (Å²) in [5, 5.41) is 11.2. The maximum absolute atomic E-state index is 14.8. The van der Waals surface area contributed by atoms with E-state index in [1.165, 1.54) is 11.0 Å². The molecule has 4 rings (SSSR count). The number of benzene rings is 2. The number of aliphatic hydroxyl groups is 1. The smallest absolute Gasteiger partial charge is 0.295 e. The molecule has 6 nitrogen and oxygen atoms in total. The molecule has 0 aliphatic carbocycles. The molecule has 1 saturated heterocycles. The van der Waals surface area contributed by atoms with E-state index in [0.29, 0.717) is 24.9 Å². The highest BCUT2D eigenvalue weighted by atomic mass is 19.1. The van der Waals surface area contributed by atoms with Crippen molar-refractivity contribution in [2.24, 2.45) is 0 Å². The van der Waals surface area contributed by atoms with Crippen LogP contribution in [-0.4, -0.2) is 59.9 Å². The first kappa shape index (κ1) is 22.0. The number of ether oxygens (including phenoxy) is 1. The normalized spacial score (nSPS) is 21.8. The molecule has 0 radical (unpaired) electrons. The Labute approximate surface area is 186 Å². The summed E-state index contributed by atoms with van der Waals surface area (Å²) < 4.78 is 20.5. The number of ketones is 1. The van der Waals surface area contributed by atoms with Crippen LogP contribution in [0.4, 0.5) is 4.39 Å². The monoisotopic (exact) mass is 438 g/mol. The summed E-state index contributed by atoms with van der Waals surface area (Å²) in [6.45, 7) is 2.93. The van der Waals surface area contributed by atoms with Gasteiger partial charge in [0.25, 0.3) is 11.7 Å². The van der Waals surface area contributed by atoms with Crippen molar-refractivity contribution in [2.75, 3.05) is 27.2 Å². The highest BCUT2D eigenvalue weighted by Gasteiger charge is 2.46. The van der Waals surface area contributed by atoms with Crippen LogP contribution in [0.2, 0.25) is 0 Å². The Hall–Kier alpha value is -3.19. The Morgan fingerprint density at radius 2 is 1.97 bits per heavy atom. The van der Waals surface area contributed by atoms with Crippen LogP contribution in [0.25, 0.3) is 5.76 Å². The zero-order chi connectivity index (χ0) is 23.0. The molecule has 0 aromatic heterocycles. The van der Waals surface area contributed by atoms with E-state index in [0.717, 1.165) is 11.3 Å². The van der Waals surface area contributed by atoms with Crippen LogP contribution in [0, 0.1) is 5.82 Å². The van der Waals surface area contributed by atoms with Gasteiger partial charge in [0.05, 0.1) is 11.6 Å². The van der Waals surface area contributed by atoms with Gasteiger partial charge in [-0.15, -0.1) is 0 Å². The molecule has 2 atom stereocenters. The zero-order valence-corrected chi connectivity index (χ0v) is 18.5. The fraction of sp³-hybridized carbons (Fsp3) is 0.360. The van der Waals surface area contributed by atoms with E-state index in [9.17, 15) is 19.1 Å². The van der Waals surface area contributed by atoms with Crippen LogP contribution >= 0.6 is 0 Å². The van der Waals surface area contributed by atoms with E-state index in [1.54, 1.807) is 36.4 Å². The molecule has 0 unspecified atom stereocenters. The number of nitrogens with zero attached hydrogens (tertiary/aromatic N) is 2. The van der Waals surface area contributed by atoms with Gasteiger partial charge in [0, 0.05) is 24.1 Å². The highest BCUT2D eigenvalue weighted by Crippen LogP contribution is 2.41. The minimum absolute atomic E-state index is 0.0306. The first-order valence-corrected chi connectivity index (χ1v) is 10.8. The first-order valence-electron chi connectivity index (χ1n) is 10.8. The lowest BCUT2D eigenvalue weighted by molar-refractivity contribution is -0.140. The summed E-state index contributed by atoms with van der Waals surface area (Å²) >= 11 is 0. The van der Waals surface area contributed by atoms with Gasteiger partial charge < -0.3 is 19.6 Å². The first-order chi connectivity index (χ1) is 15.3. The second-order valence-electron chi connectivity index (χ2n) is 8.63. The number of Topliss-reactive ketones (excluding diaryl/α,β-unsaturated/α-hetero) is 1. The van der Waals surface area contributed by atoms with E-state index in [4.69, 9.17) is 4.74 Å². The van der Waals surface area contributed by atoms with Gasteiger partial charge in [0.2, 0.25) is 0 Å². The van der Waals surface area contributed by atoms with Crippen LogP contribution < -0.4 is 4.74 Å². The Morgan fingerprint density at radius 3 is 2.69 bits per heavy atom. The standard InChI is InChI=1S/C25H27FN2O4/c1-15-13-17-14-16(9-10-20(17)32-15)23(29)21-22(18-7-4-5-8-19(18)26)28(25(31)24(21)30)12-6-11-27(2)3/h4-5,7-10,14-15,22,29H,6,11-13H2,1-3H3/b23-21+/t15-,22+/m0/s1. The predicted octanol–water partition coefficient (Wildman–Crippen LogP) is 3.52. The van der Waals surface area contributed by atoms with Gasteiger partial charge in [-0.1, -0.05) is 18.2 Å². The fourth-order valence-electron chi connectivity index (χ4n) is 4.41. The lowest BCUT2D eigenvalue weighted by Gasteiger charge is -2.26. The molecular weight excluding hydrogens is 411 g/mol. The van der Waals surface area contributed by atoms with Crippen LogP contribution in [-0.2, 0) is 16.0 Å². The third-order valence-corrected chi connectivity index (χ3v) is 5.91. The Balaban J connectivity index is 1.80. The molecule has 0 spiro atoms. The topological polar surface area (TPSA) is 70.1 Å². The third kappa shape index (κ3) is 4.00. The van der Waals surface area contributed by atoms with Crippen LogP contribution in [0.1, 0.15) is 36.1 Å². The maximum Gasteiger partial charge on any atom is 0.295 e. The molecule has 0 bridgehead atoms. The number of amides is 1. The molecule has 1 amide bonds. The molecule has 32 heavy (non-hydrogen) atoms. The van der Waals surface area contributed by atoms with Crippen molar-refractivity contribution >= 4 is 17.4 Å². The zero-order valence-electron chi connectivity index (χ0n) is 18.5. The number of hydrogen-bond acceptors (Lipinski definition) is 5. The summed E-state index contributed by atoms with van der Waals surface area (Å²) in [4.78, 5) is 29.3. The van der Waals surface area contributed by atoms with Crippen molar-refractivity contribution in [1.82, 2.24) is 9.80 Å². The quantitative estimate of drug-likeness (QED) is 0.425. The number of rotatable bonds is 6. The second-order valence-corrected chi connectivity index (χ2v) is 8.63. The lowest BCUT2D eigenvalue weighted by atomic mass is 9.94. The molecule has 2 aliphatic heterocycles. The number of carbonyl (C=O) groups is 2. The fourth-order valence-corrected chi connectivity index (χ4v) is 4.41. The van der Waals surface area contributed by atoms with Crippen molar-refractivity contribution < 1.29 is 23.8 Å². The maximum atomic E-state index is 14.8. The highest BCUT2D eigenvalue weighted by molar-refractivity contribution is 6.46. The van der Waals surface area contributed by atoms with Gasteiger partial charge in [0.1, 0.15) is 23.4 Å². The van der Waals surface area contributed by atoms with E-state index < -0.39 is 23.5 Å². The molecule has 0 saturated carbocycles. The number of carbonyl (C=O) groups excluding carboxylic acids is 2. The van der Waals surface area contributed by atoms with Crippen LogP contribution in [0.15, 0.2) is 48.0 Å². The van der Waals surface area contributed by atoms with Gasteiger partial charge in [-0.2, -0.15) is 0 Å². The minimum atomic E-state index is -0.984. The summed E-state index contributed by atoms with van der Waals surface area (Å²) in [6.07, 6.45) is 1.33. The van der Waals surface area contributed by atoms with E-state index in [2.05, 4.69) is 0 Å². The summed E-state index contributed by atoms with van der Waals surface area (Å²) in [5.74, 6) is -1.61. The third-order valence-electron chi connectivity index (χ3n) is 5.91. The number of halogens is 1. The Bertz CT molecular complexity index is 1100. The lowest BCUT2D eigenvalue weighted by Crippen LogP contribution is -2.32. The van der Waals surface area contributed by atoms with Crippen molar-refractivity contribution in [3.8, 4) is 5.75 Å². The molecule has 7 heteroatoms. The summed E-state index contributed by atoms with van der Waals surface area (Å²) in [6, 6.07) is 10.3. The Kier molecular flexibility index (Phi) is 6.02. The van der Waals surface area contributed by atoms with E-state index >= 15 is 0 Å². The van der Waals surface area contributed by atoms with Gasteiger partial charge in [-0.05, 0) is 63.8 Å². The molecule has 2 aromatic rings. The molecule has 168 valence electrons. The van der Waals surface area contributed by atoms with Crippen molar-refractivity contribution in [3.63, 3.8) is 0 Å². The van der Waals surface area contributed by atoms with E-state index in [-0.39, 0.29) is 29.5 Å². The minimum Gasteiger partial charge on any atom is -0.507 e. The summed E-state index contributed by atoms with van der Waals surface area (Å²) in [5.41, 5.74) is 1.44. The average Bonchev–Trinajstić information content (AvgIpc) is 3.24. The predicted molar refractivity (Wildman–Crippen MR) is 119 cm³/mol. The molecular formula is C25H27FN2O4. The second kappa shape index (κ2) is 8.74. The van der Waals surface area contributed by atoms with Crippen LogP contribution in [0.5, 0.6) is 5.75 Å². The van der Waals surface area contributed by atoms with Gasteiger partial charge >= 0.3 is 0 Å². The van der Waals surface area contributed by atoms with Crippen molar-refractivity contribution in [2.45, 2.75) is 31.9 Å². The molecule has 1 N–H and O–H groups in total.